The molecule has 3 aromatic carbocycles. The van der Waals surface area contributed by atoms with Gasteiger partial charge in [-0.25, -0.2) is 9.59 Å². The molecule has 0 aliphatic rings. The number of halogens is 2. The molecule has 0 radical (unpaired) electrons. The maximum Gasteiger partial charge on any atom is 0.345 e. The van der Waals surface area contributed by atoms with Crippen LogP contribution in [0.5, 0.6) is 11.5 Å². The van der Waals surface area contributed by atoms with E-state index in [1.54, 1.807) is 48.5 Å². The molecule has 206 valence electrons. The molecule has 0 saturated heterocycles. The molecule has 0 bridgehead atoms. The number of hydrogen-bond donors (Lipinski definition) is 0. The summed E-state index contributed by atoms with van der Waals surface area (Å²) in [5.41, 5.74) is 0.582. The highest BCUT2D eigenvalue weighted by Crippen LogP contribution is 2.49. The van der Waals surface area contributed by atoms with Gasteiger partial charge in [-0.15, -0.1) is 22.7 Å². The molecule has 0 N–H and O–H groups in total. The van der Waals surface area contributed by atoms with Crippen molar-refractivity contribution < 1.29 is 19.1 Å². The van der Waals surface area contributed by atoms with Crippen LogP contribution >= 0.6 is 45.9 Å². The van der Waals surface area contributed by atoms with Crippen molar-refractivity contribution in [2.75, 3.05) is 0 Å². The van der Waals surface area contributed by atoms with Gasteiger partial charge in [0.15, 0.2) is 0 Å². The number of hydrogen-bond acceptors (Lipinski definition) is 6. The number of fused-ring (bicyclic) bond motifs is 2. The Morgan fingerprint density at radius 3 is 1.23 bits per heavy atom. The molecule has 0 amide bonds. The Morgan fingerprint density at radius 1 is 0.615 bits per heavy atom. The van der Waals surface area contributed by atoms with Gasteiger partial charge in [0.25, 0.3) is 0 Å². The fourth-order valence-corrected chi connectivity index (χ4v) is 6.66. The fraction of sp³-hybridized carbons (Fsp3) is 0.226. The van der Waals surface area contributed by atoms with Gasteiger partial charge in [0.1, 0.15) is 11.5 Å². The predicted molar refractivity (Wildman–Crippen MR) is 169 cm³/mol. The Labute approximate surface area is 248 Å². The van der Waals surface area contributed by atoms with Gasteiger partial charge in [-0.1, -0.05) is 94.7 Å². The van der Waals surface area contributed by atoms with E-state index in [0.717, 1.165) is 9.75 Å². The quantitative estimate of drug-likeness (QED) is 0.151. The van der Waals surface area contributed by atoms with Crippen molar-refractivity contribution in [1.82, 2.24) is 0 Å². The van der Waals surface area contributed by atoms with Crippen LogP contribution < -0.4 is 9.47 Å². The molecule has 0 fully saturated rings. The van der Waals surface area contributed by atoms with E-state index < -0.39 is 11.9 Å². The van der Waals surface area contributed by atoms with Gasteiger partial charge in [-0.3, -0.25) is 0 Å². The molecule has 0 aliphatic heterocycles. The van der Waals surface area contributed by atoms with Gasteiger partial charge < -0.3 is 9.47 Å². The minimum absolute atomic E-state index is 0. The lowest BCUT2D eigenvalue weighted by Crippen LogP contribution is -2.13. The van der Waals surface area contributed by atoms with Gasteiger partial charge in [0.2, 0.25) is 0 Å². The smallest absolute Gasteiger partial charge is 0.345 e. The number of para-hydroxylation sites is 2. The van der Waals surface area contributed by atoms with Crippen molar-refractivity contribution in [3.8, 4) is 11.5 Å². The summed E-state index contributed by atoms with van der Waals surface area (Å²) in [6.45, 7) is 11.7. The number of esters is 2. The van der Waals surface area contributed by atoms with E-state index in [1.807, 2.05) is 53.7 Å². The Bertz CT molecular complexity index is 1450. The molecule has 0 atom stereocenters. The van der Waals surface area contributed by atoms with E-state index in [0.29, 0.717) is 52.8 Å². The van der Waals surface area contributed by atoms with Crippen LogP contribution in [0, 0.1) is 13.8 Å². The highest BCUT2D eigenvalue weighted by molar-refractivity contribution is 7.22. The van der Waals surface area contributed by atoms with Gasteiger partial charge in [0.05, 0.1) is 30.6 Å². The lowest BCUT2D eigenvalue weighted by molar-refractivity contribution is 0.0726. The van der Waals surface area contributed by atoms with Crippen LogP contribution in [0.2, 0.25) is 10.0 Å². The van der Waals surface area contributed by atoms with Gasteiger partial charge in [-0.05, 0) is 38.1 Å². The third-order valence-electron chi connectivity index (χ3n) is 5.29. The maximum absolute atomic E-state index is 13.5. The molecule has 0 aliphatic carbocycles. The van der Waals surface area contributed by atoms with Crippen molar-refractivity contribution in [1.29, 1.82) is 0 Å². The fourth-order valence-electron chi connectivity index (χ4n) is 3.76. The lowest BCUT2D eigenvalue weighted by Gasteiger charge is -2.12. The second kappa shape index (κ2) is 14.5. The first-order valence-electron chi connectivity index (χ1n) is 12.2. The Morgan fingerprint density at radius 2 is 0.923 bits per heavy atom. The number of aryl methyl sites for hydroxylation is 2. The van der Waals surface area contributed by atoms with Crippen molar-refractivity contribution in [3.05, 3.63) is 91.6 Å². The third kappa shape index (κ3) is 6.47. The molecular weight excluding hydrogens is 571 g/mol. The minimum Gasteiger partial charge on any atom is -0.423 e. The molecule has 4 nitrogen and oxygen atoms in total. The molecule has 2 aromatic heterocycles. The zero-order valence-corrected chi connectivity index (χ0v) is 25.1. The highest BCUT2D eigenvalue weighted by atomic mass is 35.5. The van der Waals surface area contributed by atoms with Crippen LogP contribution in [-0.2, 0) is 0 Å². The molecule has 0 spiro atoms. The minimum atomic E-state index is -0.568. The van der Waals surface area contributed by atoms with Gasteiger partial charge in [-0.2, -0.15) is 0 Å². The summed E-state index contributed by atoms with van der Waals surface area (Å²) >= 11 is 16.0. The molecule has 5 rings (SSSR count). The summed E-state index contributed by atoms with van der Waals surface area (Å²) in [5.74, 6) is -0.323. The highest BCUT2D eigenvalue weighted by Gasteiger charge is 2.31. The van der Waals surface area contributed by atoms with E-state index in [9.17, 15) is 9.59 Å². The van der Waals surface area contributed by atoms with Gasteiger partial charge >= 0.3 is 11.9 Å². The predicted octanol–water partition coefficient (Wildman–Crippen LogP) is 11.2. The maximum atomic E-state index is 13.5. The van der Waals surface area contributed by atoms with E-state index in [1.165, 1.54) is 22.7 Å². The van der Waals surface area contributed by atoms with Crippen LogP contribution in [0.3, 0.4) is 0 Å². The zero-order chi connectivity index (χ0) is 28.0. The van der Waals surface area contributed by atoms with Crippen LogP contribution in [0.4, 0.5) is 0 Å². The van der Waals surface area contributed by atoms with Crippen molar-refractivity contribution in [2.45, 2.75) is 49.0 Å². The largest absolute Gasteiger partial charge is 0.423 e. The first-order chi connectivity index (χ1) is 18.4. The first kappa shape index (κ1) is 32.3. The third-order valence-corrected chi connectivity index (χ3v) is 8.71. The molecule has 2 heterocycles. The SMILES string of the molecule is C.CC.CC.Cc1sc2c(C(=O)Oc3ccccc3)c3c(Cl)c(C)sc3c(C(=O)Oc3ccccc3)c2c1Cl. The van der Waals surface area contributed by atoms with Crippen molar-refractivity contribution in [2.24, 2.45) is 0 Å². The number of carbonyl (C=O) groups excluding carboxylic acids is 2. The number of benzene rings is 3. The van der Waals surface area contributed by atoms with E-state index in [2.05, 4.69) is 0 Å². The molecule has 39 heavy (non-hydrogen) atoms. The first-order valence-corrected chi connectivity index (χ1v) is 14.6. The molecule has 0 unspecified atom stereocenters. The van der Waals surface area contributed by atoms with Crippen molar-refractivity contribution >= 4 is 78.0 Å². The average molecular weight is 604 g/mol. The summed E-state index contributed by atoms with van der Waals surface area (Å²) in [6, 6.07) is 17.6. The summed E-state index contributed by atoms with van der Waals surface area (Å²) in [4.78, 5) is 28.5. The molecule has 5 aromatic rings. The van der Waals surface area contributed by atoms with Crippen LogP contribution in [0.1, 0.15) is 65.6 Å². The lowest BCUT2D eigenvalue weighted by atomic mass is 10.0. The van der Waals surface area contributed by atoms with Crippen LogP contribution in [0.25, 0.3) is 20.2 Å². The summed E-state index contributed by atoms with van der Waals surface area (Å²) < 4.78 is 12.4. The number of ether oxygens (including phenoxy) is 2. The Kier molecular flexibility index (Phi) is 12.0. The van der Waals surface area contributed by atoms with Crippen LogP contribution in [-0.4, -0.2) is 11.9 Å². The van der Waals surface area contributed by atoms with Crippen LogP contribution in [0.15, 0.2) is 60.7 Å². The topological polar surface area (TPSA) is 52.6 Å². The number of carbonyl (C=O) groups is 2. The van der Waals surface area contributed by atoms with Gasteiger partial charge in [0, 0.05) is 20.5 Å². The summed E-state index contributed by atoms with van der Waals surface area (Å²) in [5, 5.41) is 1.74. The molecular formula is C31H32Cl2O4S2. The van der Waals surface area contributed by atoms with E-state index in [4.69, 9.17) is 32.7 Å². The number of rotatable bonds is 4. The van der Waals surface area contributed by atoms with Crippen molar-refractivity contribution in [3.63, 3.8) is 0 Å². The summed E-state index contributed by atoms with van der Waals surface area (Å²) in [6.07, 6.45) is 0. The van der Waals surface area contributed by atoms with E-state index in [-0.39, 0.29) is 7.43 Å². The Balaban J connectivity index is 0.00000102. The molecule has 8 heteroatoms. The second-order valence-electron chi connectivity index (χ2n) is 7.51. The molecule has 0 saturated carbocycles. The monoisotopic (exact) mass is 602 g/mol. The standard InChI is InChI=1S/C26H16Cl2O4S2.2C2H6.CH4/c1-13-21(27)17-19(25(29)31-15-9-5-3-6-10-15)24-18(22(28)14(2)34-24)20(23(17)33-13)26(30)32-16-11-7-4-8-12-16;2*1-2;/h3-12H,1-2H3;2*1-2H3;1H4. The zero-order valence-electron chi connectivity index (χ0n) is 22.0. The van der Waals surface area contributed by atoms with E-state index >= 15 is 0 Å². The normalized spacial score (nSPS) is 10.1. The Hall–Kier alpha value is -2.90. The summed E-state index contributed by atoms with van der Waals surface area (Å²) in [7, 11) is 0. The number of thiophene rings is 2. The second-order valence-corrected chi connectivity index (χ2v) is 10.7. The average Bonchev–Trinajstić information content (AvgIpc) is 3.40.